The number of hydrogen-bond acceptors (Lipinski definition) is 1. The molecule has 1 aliphatic heterocycles. The summed E-state index contributed by atoms with van der Waals surface area (Å²) in [5.41, 5.74) is 3.24. The Balaban J connectivity index is 2.15. The third-order valence-corrected chi connectivity index (χ3v) is 3.64. The molecule has 2 heteroatoms. The van der Waals surface area contributed by atoms with Gasteiger partial charge in [0.2, 0.25) is 5.91 Å². The average Bonchev–Trinajstić information content (AvgIpc) is 2.71. The smallest absolute Gasteiger partial charge is 0.239 e. The van der Waals surface area contributed by atoms with Gasteiger partial charge in [-0.1, -0.05) is 48.5 Å². The summed E-state index contributed by atoms with van der Waals surface area (Å²) in [4.78, 5) is 14.6. The van der Waals surface area contributed by atoms with E-state index in [9.17, 15) is 4.79 Å². The van der Waals surface area contributed by atoms with E-state index in [1.165, 1.54) is 0 Å². The Morgan fingerprint density at radius 3 is 2.26 bits per heavy atom. The van der Waals surface area contributed by atoms with Crippen molar-refractivity contribution in [2.45, 2.75) is 25.8 Å². The van der Waals surface area contributed by atoms with Crippen LogP contribution < -0.4 is 4.90 Å². The minimum Gasteiger partial charge on any atom is -0.309 e. The molecule has 96 valence electrons. The van der Waals surface area contributed by atoms with Gasteiger partial charge in [0.25, 0.3) is 0 Å². The Morgan fingerprint density at radius 2 is 1.58 bits per heavy atom. The summed E-state index contributed by atoms with van der Waals surface area (Å²) in [5.74, 6) is 0.0298. The maximum atomic E-state index is 12.7. The van der Waals surface area contributed by atoms with E-state index >= 15 is 0 Å². The van der Waals surface area contributed by atoms with E-state index in [2.05, 4.69) is 19.9 Å². The van der Waals surface area contributed by atoms with Crippen LogP contribution in [0, 0.1) is 0 Å². The summed E-state index contributed by atoms with van der Waals surface area (Å²) >= 11 is 0. The lowest BCUT2D eigenvalue weighted by molar-refractivity contribution is -0.118. The Kier molecular flexibility index (Phi) is 2.86. The first kappa shape index (κ1) is 12.0. The fourth-order valence-corrected chi connectivity index (χ4v) is 2.84. The van der Waals surface area contributed by atoms with E-state index in [1.807, 2.05) is 53.4 Å². The zero-order chi connectivity index (χ0) is 13.4. The molecule has 1 heterocycles. The SMILES string of the molecule is CC(C)N1C(=O)C(c2ccccc2)c2ccccc21. The van der Waals surface area contributed by atoms with Gasteiger partial charge in [-0.3, -0.25) is 4.79 Å². The van der Waals surface area contributed by atoms with E-state index in [4.69, 9.17) is 0 Å². The number of rotatable bonds is 2. The Morgan fingerprint density at radius 1 is 0.947 bits per heavy atom. The molecular weight excluding hydrogens is 234 g/mol. The highest BCUT2D eigenvalue weighted by Crippen LogP contribution is 2.41. The molecule has 0 spiro atoms. The molecule has 1 aliphatic rings. The van der Waals surface area contributed by atoms with Crippen LogP contribution in [0.2, 0.25) is 0 Å². The molecule has 1 atom stereocenters. The number of carbonyl (C=O) groups is 1. The zero-order valence-electron chi connectivity index (χ0n) is 11.2. The van der Waals surface area contributed by atoms with Gasteiger partial charge in [-0.2, -0.15) is 0 Å². The molecule has 2 aromatic carbocycles. The van der Waals surface area contributed by atoms with Crippen LogP contribution in [-0.4, -0.2) is 11.9 Å². The molecule has 1 amide bonds. The van der Waals surface area contributed by atoms with Crippen LogP contribution in [0.1, 0.15) is 30.9 Å². The summed E-state index contributed by atoms with van der Waals surface area (Å²) in [6.07, 6.45) is 0. The number of fused-ring (bicyclic) bond motifs is 1. The molecule has 0 saturated carbocycles. The quantitative estimate of drug-likeness (QED) is 0.799. The molecule has 3 rings (SSSR count). The van der Waals surface area contributed by atoms with E-state index in [0.717, 1.165) is 16.8 Å². The monoisotopic (exact) mass is 251 g/mol. The number of amides is 1. The molecular formula is C17H17NO. The molecule has 19 heavy (non-hydrogen) atoms. The van der Waals surface area contributed by atoms with Gasteiger partial charge in [0, 0.05) is 11.7 Å². The Bertz CT molecular complexity index is 604. The minimum atomic E-state index is -0.153. The van der Waals surface area contributed by atoms with E-state index in [-0.39, 0.29) is 17.9 Å². The van der Waals surface area contributed by atoms with Crippen LogP contribution in [-0.2, 0) is 4.79 Å². The highest BCUT2D eigenvalue weighted by Gasteiger charge is 2.38. The number of benzene rings is 2. The summed E-state index contributed by atoms with van der Waals surface area (Å²) < 4.78 is 0. The predicted molar refractivity (Wildman–Crippen MR) is 77.3 cm³/mol. The molecule has 0 saturated heterocycles. The number of para-hydroxylation sites is 1. The van der Waals surface area contributed by atoms with Crippen LogP contribution in [0.3, 0.4) is 0 Å². The Labute approximate surface area is 113 Å². The van der Waals surface area contributed by atoms with Gasteiger partial charge < -0.3 is 4.90 Å². The lowest BCUT2D eigenvalue weighted by Crippen LogP contribution is -2.35. The van der Waals surface area contributed by atoms with Crippen LogP contribution in [0.15, 0.2) is 54.6 Å². The van der Waals surface area contributed by atoms with Gasteiger partial charge in [0.05, 0.1) is 5.92 Å². The molecule has 0 aliphatic carbocycles. The average molecular weight is 251 g/mol. The second-order valence-corrected chi connectivity index (χ2v) is 5.20. The van der Waals surface area contributed by atoms with Crippen LogP contribution in [0.25, 0.3) is 0 Å². The van der Waals surface area contributed by atoms with Crippen molar-refractivity contribution in [2.75, 3.05) is 4.90 Å². The van der Waals surface area contributed by atoms with Gasteiger partial charge in [-0.15, -0.1) is 0 Å². The van der Waals surface area contributed by atoms with E-state index in [0.29, 0.717) is 0 Å². The second kappa shape index (κ2) is 4.54. The van der Waals surface area contributed by atoms with Crippen LogP contribution in [0.5, 0.6) is 0 Å². The van der Waals surface area contributed by atoms with Crippen LogP contribution in [0.4, 0.5) is 5.69 Å². The standard InChI is InChI=1S/C17H17NO/c1-12(2)18-15-11-7-6-10-14(15)16(17(18)19)13-8-4-3-5-9-13/h3-12,16H,1-2H3. The highest BCUT2D eigenvalue weighted by molar-refractivity contribution is 6.07. The third-order valence-electron chi connectivity index (χ3n) is 3.64. The number of nitrogens with zero attached hydrogens (tertiary/aromatic N) is 1. The predicted octanol–water partition coefficient (Wildman–Crippen LogP) is 3.57. The molecule has 1 unspecified atom stereocenters. The van der Waals surface area contributed by atoms with Crippen molar-refractivity contribution in [3.63, 3.8) is 0 Å². The van der Waals surface area contributed by atoms with Crippen molar-refractivity contribution in [2.24, 2.45) is 0 Å². The summed E-state index contributed by atoms with van der Waals surface area (Å²) in [6, 6.07) is 18.3. The first-order valence-corrected chi connectivity index (χ1v) is 6.67. The fourth-order valence-electron chi connectivity index (χ4n) is 2.84. The van der Waals surface area contributed by atoms with Gasteiger partial charge >= 0.3 is 0 Å². The molecule has 0 N–H and O–H groups in total. The number of hydrogen-bond donors (Lipinski definition) is 0. The maximum absolute atomic E-state index is 12.7. The summed E-state index contributed by atoms with van der Waals surface area (Å²) in [5, 5.41) is 0. The lowest BCUT2D eigenvalue weighted by atomic mass is 9.93. The van der Waals surface area contributed by atoms with Gasteiger partial charge in [0.1, 0.15) is 0 Å². The molecule has 2 nitrogen and oxygen atoms in total. The third kappa shape index (κ3) is 1.84. The largest absolute Gasteiger partial charge is 0.309 e. The van der Waals surface area contributed by atoms with Crippen molar-refractivity contribution < 1.29 is 4.79 Å². The minimum absolute atomic E-state index is 0.153. The highest BCUT2D eigenvalue weighted by atomic mass is 16.2. The zero-order valence-corrected chi connectivity index (χ0v) is 11.2. The van der Waals surface area contributed by atoms with E-state index in [1.54, 1.807) is 0 Å². The Hall–Kier alpha value is -2.09. The van der Waals surface area contributed by atoms with Crippen molar-refractivity contribution in [3.8, 4) is 0 Å². The molecule has 2 aromatic rings. The molecule has 0 aromatic heterocycles. The van der Waals surface area contributed by atoms with Crippen molar-refractivity contribution in [1.29, 1.82) is 0 Å². The lowest BCUT2D eigenvalue weighted by Gasteiger charge is -2.22. The number of carbonyl (C=O) groups excluding carboxylic acids is 1. The number of anilines is 1. The molecule has 0 bridgehead atoms. The first-order chi connectivity index (χ1) is 9.20. The van der Waals surface area contributed by atoms with Gasteiger partial charge in [-0.05, 0) is 31.0 Å². The molecule has 0 fully saturated rings. The fraction of sp³-hybridized carbons (Fsp3) is 0.235. The van der Waals surface area contributed by atoms with Crippen LogP contribution >= 0.6 is 0 Å². The second-order valence-electron chi connectivity index (χ2n) is 5.20. The summed E-state index contributed by atoms with van der Waals surface area (Å²) in [6.45, 7) is 4.12. The first-order valence-electron chi connectivity index (χ1n) is 6.67. The van der Waals surface area contributed by atoms with Gasteiger partial charge in [-0.25, -0.2) is 0 Å². The summed E-state index contributed by atoms with van der Waals surface area (Å²) in [7, 11) is 0. The van der Waals surface area contributed by atoms with E-state index < -0.39 is 0 Å². The molecule has 0 radical (unpaired) electrons. The maximum Gasteiger partial charge on any atom is 0.239 e. The van der Waals surface area contributed by atoms with Gasteiger partial charge in [0.15, 0.2) is 0 Å². The normalized spacial score (nSPS) is 17.9. The van der Waals surface area contributed by atoms with Crippen molar-refractivity contribution in [1.82, 2.24) is 0 Å². The topological polar surface area (TPSA) is 20.3 Å². The van der Waals surface area contributed by atoms with Crippen molar-refractivity contribution >= 4 is 11.6 Å². The van der Waals surface area contributed by atoms with Crippen molar-refractivity contribution in [3.05, 3.63) is 65.7 Å².